The number of hydrogen-bond acceptors (Lipinski definition) is 5. The van der Waals surface area contributed by atoms with Crippen molar-refractivity contribution in [2.24, 2.45) is 0 Å². The highest BCUT2D eigenvalue weighted by molar-refractivity contribution is 5.97. The summed E-state index contributed by atoms with van der Waals surface area (Å²) in [6, 6.07) is 16.0. The van der Waals surface area contributed by atoms with Crippen molar-refractivity contribution in [3.63, 3.8) is 0 Å². The Kier molecular flexibility index (Phi) is 6.18. The number of anilines is 1. The molecule has 0 aliphatic carbocycles. The molecule has 27 heavy (non-hydrogen) atoms. The van der Waals surface area contributed by atoms with E-state index in [2.05, 4.69) is 27.3 Å². The SMILES string of the molecule is Cc1ccc(N/C=C(/C#N)C(=O)N2CCN(Cc3ccccc3)CC2)nc1. The molecule has 1 fully saturated rings. The summed E-state index contributed by atoms with van der Waals surface area (Å²) in [4.78, 5) is 20.9. The van der Waals surface area contributed by atoms with E-state index in [1.54, 1.807) is 11.1 Å². The molecule has 1 N–H and O–H groups in total. The van der Waals surface area contributed by atoms with E-state index in [0.29, 0.717) is 18.9 Å². The summed E-state index contributed by atoms with van der Waals surface area (Å²) in [6.07, 6.45) is 3.17. The third-order valence-corrected chi connectivity index (χ3v) is 4.54. The second-order valence-electron chi connectivity index (χ2n) is 6.59. The third kappa shape index (κ3) is 5.16. The van der Waals surface area contributed by atoms with E-state index in [0.717, 1.165) is 25.2 Å². The molecule has 1 aliphatic heterocycles. The molecular formula is C21H23N5O. The molecule has 6 nitrogen and oxygen atoms in total. The summed E-state index contributed by atoms with van der Waals surface area (Å²) < 4.78 is 0. The first kappa shape index (κ1) is 18.6. The second kappa shape index (κ2) is 8.97. The van der Waals surface area contributed by atoms with E-state index < -0.39 is 0 Å². The van der Waals surface area contributed by atoms with E-state index in [9.17, 15) is 10.1 Å². The average Bonchev–Trinajstić information content (AvgIpc) is 2.71. The van der Waals surface area contributed by atoms with Crippen molar-refractivity contribution >= 4 is 11.7 Å². The highest BCUT2D eigenvalue weighted by atomic mass is 16.2. The van der Waals surface area contributed by atoms with Gasteiger partial charge in [0.1, 0.15) is 17.5 Å². The fraction of sp³-hybridized carbons (Fsp3) is 0.286. The fourth-order valence-electron chi connectivity index (χ4n) is 2.96. The van der Waals surface area contributed by atoms with Crippen molar-refractivity contribution in [3.8, 4) is 6.07 Å². The summed E-state index contributed by atoms with van der Waals surface area (Å²) in [5, 5.41) is 12.3. The molecule has 2 heterocycles. The van der Waals surface area contributed by atoms with Gasteiger partial charge in [-0.3, -0.25) is 9.69 Å². The Morgan fingerprint density at radius 2 is 1.93 bits per heavy atom. The van der Waals surface area contributed by atoms with Gasteiger partial charge in [-0.15, -0.1) is 0 Å². The van der Waals surface area contributed by atoms with Gasteiger partial charge in [0.25, 0.3) is 5.91 Å². The highest BCUT2D eigenvalue weighted by Gasteiger charge is 2.23. The molecule has 0 atom stereocenters. The normalized spacial score (nSPS) is 15.3. The van der Waals surface area contributed by atoms with Crippen LogP contribution in [0, 0.1) is 18.3 Å². The molecule has 0 spiro atoms. The van der Waals surface area contributed by atoms with Gasteiger partial charge in [-0.25, -0.2) is 4.98 Å². The lowest BCUT2D eigenvalue weighted by Crippen LogP contribution is -2.48. The van der Waals surface area contributed by atoms with Crippen molar-refractivity contribution in [1.82, 2.24) is 14.8 Å². The molecule has 0 radical (unpaired) electrons. The standard InChI is InChI=1S/C21H23N5O/c1-17-7-8-20(23-14-17)24-15-19(13-22)21(27)26-11-9-25(10-12-26)16-18-5-3-2-4-6-18/h2-8,14-15H,9-12,16H2,1H3,(H,23,24)/b19-15-. The van der Waals surface area contributed by atoms with Crippen LogP contribution in [0.4, 0.5) is 5.82 Å². The highest BCUT2D eigenvalue weighted by Crippen LogP contribution is 2.11. The molecule has 1 aromatic carbocycles. The van der Waals surface area contributed by atoms with Crippen LogP contribution in [0.5, 0.6) is 0 Å². The topological polar surface area (TPSA) is 72.3 Å². The summed E-state index contributed by atoms with van der Waals surface area (Å²) in [6.45, 7) is 5.66. The smallest absolute Gasteiger partial charge is 0.266 e. The van der Waals surface area contributed by atoms with Gasteiger partial charge in [0.05, 0.1) is 0 Å². The van der Waals surface area contributed by atoms with Crippen molar-refractivity contribution in [1.29, 1.82) is 5.26 Å². The predicted octanol–water partition coefficient (Wildman–Crippen LogP) is 2.55. The number of hydrogen-bond donors (Lipinski definition) is 1. The fourth-order valence-corrected chi connectivity index (χ4v) is 2.96. The average molecular weight is 361 g/mol. The second-order valence-corrected chi connectivity index (χ2v) is 6.59. The quantitative estimate of drug-likeness (QED) is 0.655. The number of carbonyl (C=O) groups is 1. The maximum Gasteiger partial charge on any atom is 0.266 e. The van der Waals surface area contributed by atoms with Gasteiger partial charge in [-0.05, 0) is 24.1 Å². The van der Waals surface area contributed by atoms with Crippen LogP contribution in [0.25, 0.3) is 0 Å². The van der Waals surface area contributed by atoms with E-state index in [4.69, 9.17) is 0 Å². The van der Waals surface area contributed by atoms with Crippen LogP contribution in [0.15, 0.2) is 60.4 Å². The minimum Gasteiger partial charge on any atom is -0.345 e. The van der Waals surface area contributed by atoms with E-state index in [1.165, 1.54) is 11.8 Å². The maximum atomic E-state index is 12.6. The zero-order chi connectivity index (χ0) is 19.1. The molecule has 2 aromatic rings. The molecule has 3 rings (SSSR count). The number of pyridine rings is 1. The molecule has 1 aromatic heterocycles. The number of benzene rings is 1. The Morgan fingerprint density at radius 1 is 1.19 bits per heavy atom. The van der Waals surface area contributed by atoms with Crippen LogP contribution in [0.2, 0.25) is 0 Å². The Labute approximate surface area is 159 Å². The summed E-state index contributed by atoms with van der Waals surface area (Å²) >= 11 is 0. The maximum absolute atomic E-state index is 12.6. The van der Waals surface area contributed by atoms with Crippen LogP contribution in [0.3, 0.4) is 0 Å². The molecular weight excluding hydrogens is 338 g/mol. The molecule has 1 saturated heterocycles. The molecule has 1 aliphatic rings. The van der Waals surface area contributed by atoms with Crippen molar-refractivity contribution < 1.29 is 4.79 Å². The third-order valence-electron chi connectivity index (χ3n) is 4.54. The van der Waals surface area contributed by atoms with E-state index in [1.807, 2.05) is 43.3 Å². The number of rotatable bonds is 5. The summed E-state index contributed by atoms with van der Waals surface area (Å²) in [5.41, 5.74) is 2.41. The van der Waals surface area contributed by atoms with E-state index in [-0.39, 0.29) is 11.5 Å². The number of nitrogens with one attached hydrogen (secondary N) is 1. The zero-order valence-corrected chi connectivity index (χ0v) is 15.4. The van der Waals surface area contributed by atoms with Gasteiger partial charge < -0.3 is 10.2 Å². The van der Waals surface area contributed by atoms with Gasteiger partial charge in [0, 0.05) is 45.1 Å². The number of aromatic nitrogens is 1. The molecule has 1 amide bonds. The number of piperazine rings is 1. The predicted molar refractivity (Wildman–Crippen MR) is 105 cm³/mol. The van der Waals surface area contributed by atoms with Gasteiger partial charge >= 0.3 is 0 Å². The number of amides is 1. The van der Waals surface area contributed by atoms with Crippen molar-refractivity contribution in [3.05, 3.63) is 71.6 Å². The lowest BCUT2D eigenvalue weighted by atomic mass is 10.2. The number of carbonyl (C=O) groups excluding carboxylic acids is 1. The van der Waals surface area contributed by atoms with Crippen LogP contribution < -0.4 is 5.32 Å². The molecule has 0 saturated carbocycles. The van der Waals surface area contributed by atoms with Gasteiger partial charge in [0.15, 0.2) is 0 Å². The molecule has 6 heteroatoms. The Morgan fingerprint density at radius 3 is 2.56 bits per heavy atom. The monoisotopic (exact) mass is 361 g/mol. The Balaban J connectivity index is 1.54. The van der Waals surface area contributed by atoms with Gasteiger partial charge in [0.2, 0.25) is 0 Å². The van der Waals surface area contributed by atoms with Crippen LogP contribution >= 0.6 is 0 Å². The van der Waals surface area contributed by atoms with Crippen LogP contribution in [0.1, 0.15) is 11.1 Å². The largest absolute Gasteiger partial charge is 0.345 e. The summed E-state index contributed by atoms with van der Waals surface area (Å²) in [5.74, 6) is 0.366. The first-order valence-electron chi connectivity index (χ1n) is 9.01. The van der Waals surface area contributed by atoms with Crippen molar-refractivity contribution in [2.75, 3.05) is 31.5 Å². The molecule has 138 valence electrons. The lowest BCUT2D eigenvalue weighted by molar-refractivity contribution is -0.128. The first-order chi connectivity index (χ1) is 13.2. The number of aryl methyl sites for hydroxylation is 1. The van der Waals surface area contributed by atoms with Crippen LogP contribution in [-0.4, -0.2) is 46.9 Å². The minimum absolute atomic E-state index is 0.0916. The van der Waals surface area contributed by atoms with E-state index >= 15 is 0 Å². The number of nitriles is 1. The number of nitrogens with zero attached hydrogens (tertiary/aromatic N) is 4. The minimum atomic E-state index is -0.239. The Bertz CT molecular complexity index is 831. The van der Waals surface area contributed by atoms with Crippen LogP contribution in [-0.2, 0) is 11.3 Å². The van der Waals surface area contributed by atoms with Crippen molar-refractivity contribution in [2.45, 2.75) is 13.5 Å². The molecule has 0 unspecified atom stereocenters. The Hall–Kier alpha value is -3.17. The lowest BCUT2D eigenvalue weighted by Gasteiger charge is -2.34. The molecule has 0 bridgehead atoms. The van der Waals surface area contributed by atoms with Gasteiger partial charge in [-0.1, -0.05) is 36.4 Å². The first-order valence-corrected chi connectivity index (χ1v) is 9.01. The zero-order valence-electron chi connectivity index (χ0n) is 15.4. The summed E-state index contributed by atoms with van der Waals surface area (Å²) in [7, 11) is 0. The van der Waals surface area contributed by atoms with Gasteiger partial charge in [-0.2, -0.15) is 5.26 Å².